The summed E-state index contributed by atoms with van der Waals surface area (Å²) in [6.07, 6.45) is 0. The molecule has 0 fully saturated rings. The summed E-state index contributed by atoms with van der Waals surface area (Å²) in [6.45, 7) is 0. The average Bonchev–Trinajstić information content (AvgIpc) is 1.19. The van der Waals surface area contributed by atoms with Crippen LogP contribution < -0.4 is 98.5 Å². The van der Waals surface area contributed by atoms with Crippen LogP contribution in [0.25, 0.3) is 0 Å². The minimum atomic E-state index is -5.14. The molecule has 0 bridgehead atoms. The maximum absolute atomic E-state index is 8.66. The minimum Gasteiger partial charge on any atom is -0.790 e. The van der Waals surface area contributed by atoms with Gasteiger partial charge in [-0.2, -0.15) is 0 Å². The first-order valence-electron chi connectivity index (χ1n) is 1.26. The predicted octanol–water partition coefficient (Wildman–Crippen LogP) is -11.8. The van der Waals surface area contributed by atoms with Crippen molar-refractivity contribution in [3.8, 4) is 0 Å². The molecule has 0 radical (unpaired) electrons. The van der Waals surface area contributed by atoms with Gasteiger partial charge in [0, 0.05) is 0 Å². The van der Waals surface area contributed by atoms with Gasteiger partial charge in [0.2, 0.25) is 0 Å². The van der Waals surface area contributed by atoms with Gasteiger partial charge in [-0.15, -0.1) is 0 Å². The van der Waals surface area contributed by atoms with Crippen LogP contribution in [0.4, 0.5) is 0 Å². The van der Waals surface area contributed by atoms with Gasteiger partial charge in [0.1, 0.15) is 0 Å². The second-order valence-corrected chi connectivity index (χ2v) is 2.06. The summed E-state index contributed by atoms with van der Waals surface area (Å²) in [7, 11) is -5.14. The quantitative estimate of drug-likeness (QED) is 0.245. The Bertz CT molecular complexity index is 118. The molecule has 2 N–H and O–H groups in total. The molecule has 0 aliphatic heterocycles. The zero-order valence-electron chi connectivity index (χ0n) is 6.79. The summed E-state index contributed by atoms with van der Waals surface area (Å²) < 4.78 is 32.7. The van der Waals surface area contributed by atoms with Crippen LogP contribution in [0.1, 0.15) is 0 Å². The molecule has 0 spiro atoms. The van der Waals surface area contributed by atoms with Crippen LogP contribution >= 0.6 is 7.82 Å². The van der Waals surface area contributed by atoms with Gasteiger partial charge in [0.15, 0.2) is 0 Å². The molecule has 7 nitrogen and oxygen atoms in total. The van der Waals surface area contributed by atoms with E-state index in [-0.39, 0.29) is 88.7 Å². The van der Waals surface area contributed by atoms with Crippen molar-refractivity contribution >= 4 is 19.2 Å². The van der Waals surface area contributed by atoms with Crippen molar-refractivity contribution in [2.24, 2.45) is 0 Å². The Morgan fingerprint density at radius 2 is 1.17 bits per heavy atom. The molecular formula is H2Na3O7PS. The predicted molar refractivity (Wildman–Crippen MR) is 21.4 cm³/mol. The van der Waals surface area contributed by atoms with E-state index in [4.69, 9.17) is 32.6 Å². The van der Waals surface area contributed by atoms with Crippen molar-refractivity contribution in [1.29, 1.82) is 0 Å². The summed E-state index contributed by atoms with van der Waals surface area (Å²) in [4.78, 5) is 24.3. The van der Waals surface area contributed by atoms with Crippen molar-refractivity contribution in [2.45, 2.75) is 0 Å². The Kier molecular flexibility index (Phi) is 40.8. The Balaban J connectivity index is -0.0000000221. The van der Waals surface area contributed by atoms with Crippen molar-refractivity contribution in [3.05, 3.63) is 0 Å². The largest absolute Gasteiger partial charge is 1.00 e. The van der Waals surface area contributed by atoms with E-state index in [1.54, 1.807) is 0 Å². The van der Waals surface area contributed by atoms with Crippen LogP contribution in [0.3, 0.4) is 0 Å². The Morgan fingerprint density at radius 1 is 1.17 bits per heavy atom. The third-order valence-corrected chi connectivity index (χ3v) is 0. The van der Waals surface area contributed by atoms with E-state index in [0.717, 1.165) is 0 Å². The first-order chi connectivity index (χ1) is 3.73. The monoisotopic (exact) mass is 246 g/mol. The molecule has 0 aromatic rings. The Hall–Kier alpha value is 3.18. The molecule has 1 atom stereocenters. The van der Waals surface area contributed by atoms with Gasteiger partial charge in [-0.25, -0.2) is 4.21 Å². The van der Waals surface area contributed by atoms with Crippen molar-refractivity contribution in [3.63, 3.8) is 0 Å². The van der Waals surface area contributed by atoms with Gasteiger partial charge in [-0.1, -0.05) is 0 Å². The average molecular weight is 246 g/mol. The van der Waals surface area contributed by atoms with E-state index in [1.807, 2.05) is 0 Å². The van der Waals surface area contributed by atoms with Crippen LogP contribution in [0.15, 0.2) is 0 Å². The molecule has 12 heteroatoms. The van der Waals surface area contributed by atoms with E-state index in [1.165, 1.54) is 0 Å². The van der Waals surface area contributed by atoms with Crippen LogP contribution in [0.5, 0.6) is 0 Å². The molecule has 0 amide bonds. The first kappa shape index (κ1) is 29.5. The normalized spacial score (nSPS) is 10.1. The summed E-state index contributed by atoms with van der Waals surface area (Å²) in [5.74, 6) is 0. The molecule has 0 heterocycles. The van der Waals surface area contributed by atoms with E-state index < -0.39 is 19.2 Å². The van der Waals surface area contributed by atoms with Crippen LogP contribution in [0.2, 0.25) is 0 Å². The summed E-state index contributed by atoms with van der Waals surface area (Å²) in [5.41, 5.74) is 0. The van der Waals surface area contributed by atoms with E-state index in [0.29, 0.717) is 0 Å². The zero-order chi connectivity index (χ0) is 8.08. The summed E-state index contributed by atoms with van der Waals surface area (Å²) >= 11 is -2.86. The molecule has 0 saturated carbocycles. The van der Waals surface area contributed by atoms with Gasteiger partial charge in [0.25, 0.3) is 0 Å². The van der Waals surface area contributed by atoms with Gasteiger partial charge in [-0.05, 0) is 0 Å². The maximum atomic E-state index is 8.66. The molecule has 1 unspecified atom stereocenters. The van der Waals surface area contributed by atoms with Crippen LogP contribution in [-0.2, 0) is 15.9 Å². The molecule has 0 aromatic carbocycles. The van der Waals surface area contributed by atoms with Crippen molar-refractivity contribution < 1.29 is 121 Å². The van der Waals surface area contributed by atoms with Gasteiger partial charge < -0.3 is 28.4 Å². The maximum Gasteiger partial charge on any atom is 1.00 e. The molecule has 0 aliphatic carbocycles. The topological polar surface area (TPSA) is 144 Å². The van der Waals surface area contributed by atoms with Gasteiger partial charge in [0.05, 0.1) is 19.2 Å². The number of hydrogen-bond donors (Lipinski definition) is 2. The second kappa shape index (κ2) is 16.6. The number of rotatable bonds is 0. The van der Waals surface area contributed by atoms with E-state index in [9.17, 15) is 0 Å². The van der Waals surface area contributed by atoms with Crippen molar-refractivity contribution in [1.82, 2.24) is 0 Å². The molecule has 0 rings (SSSR count). The molecule has 0 aromatic heterocycles. The molecule has 12 heavy (non-hydrogen) atoms. The Labute approximate surface area is 138 Å². The first-order valence-corrected chi connectivity index (χ1v) is 3.79. The summed E-state index contributed by atoms with van der Waals surface area (Å²) in [5, 5.41) is 0. The third kappa shape index (κ3) is 193. The zero-order valence-corrected chi connectivity index (χ0v) is 14.5. The fraction of sp³-hybridized carbons (Fsp3) is 0. The molecule has 0 saturated heterocycles. The number of hydrogen-bond acceptors (Lipinski definition) is 5. The minimum absolute atomic E-state index is 0. The Morgan fingerprint density at radius 3 is 1.17 bits per heavy atom. The van der Waals surface area contributed by atoms with Gasteiger partial charge >= 0.3 is 88.7 Å². The van der Waals surface area contributed by atoms with Crippen LogP contribution in [-0.4, -0.2) is 18.2 Å². The fourth-order valence-corrected chi connectivity index (χ4v) is 0. The second-order valence-electron chi connectivity index (χ2n) is 0.686. The van der Waals surface area contributed by atoms with Crippen LogP contribution in [0, 0.1) is 0 Å². The molecule has 58 valence electrons. The number of phosphoric acid groups is 1. The third-order valence-electron chi connectivity index (χ3n) is 0. The van der Waals surface area contributed by atoms with Gasteiger partial charge in [-0.3, -0.25) is 0 Å². The molecular weight excluding hydrogens is 244 g/mol. The van der Waals surface area contributed by atoms with E-state index >= 15 is 0 Å². The SMILES string of the molecule is O=P([O-])([O-])O.O=S([O-])O.[Na+].[Na+].[Na+]. The summed E-state index contributed by atoms with van der Waals surface area (Å²) in [6, 6.07) is 0. The smallest absolute Gasteiger partial charge is 0.790 e. The van der Waals surface area contributed by atoms with E-state index in [2.05, 4.69) is 0 Å². The molecule has 0 aliphatic rings. The fourth-order valence-electron chi connectivity index (χ4n) is 0. The van der Waals surface area contributed by atoms with Crippen molar-refractivity contribution in [2.75, 3.05) is 0 Å². The standard InChI is InChI=1S/3Na.H3O4P.H2O3S/c;;;1-5(2,3)4;1-4(2)3/h;;;(H3,1,2,3,4);(H2,1,2,3)/q3*+1;;/p-3.